The maximum absolute atomic E-state index is 6.03. The molecule has 0 saturated heterocycles. The van der Waals surface area contributed by atoms with Gasteiger partial charge in [-0.05, 0) is 41.5 Å². The molecule has 0 aliphatic rings. The van der Waals surface area contributed by atoms with Crippen LogP contribution in [-0.2, 0) is 0 Å². The zero-order valence-corrected chi connectivity index (χ0v) is 13.9. The van der Waals surface area contributed by atoms with E-state index in [1.807, 2.05) is 36.7 Å². The molecular weight excluding hydrogens is 320 g/mol. The fourth-order valence-corrected chi connectivity index (χ4v) is 3.83. The van der Waals surface area contributed by atoms with Crippen molar-refractivity contribution in [2.45, 2.75) is 0 Å². The van der Waals surface area contributed by atoms with Crippen molar-refractivity contribution in [1.29, 1.82) is 0 Å². The quantitative estimate of drug-likeness (QED) is 0.384. The monoisotopic (exact) mass is 334 g/mol. The van der Waals surface area contributed by atoms with Crippen molar-refractivity contribution >= 4 is 43.7 Å². The van der Waals surface area contributed by atoms with Gasteiger partial charge in [-0.25, -0.2) is 0 Å². The van der Waals surface area contributed by atoms with Crippen LogP contribution in [0.4, 0.5) is 0 Å². The number of nitrogens with zero attached hydrogens (tertiary/aromatic N) is 1. The van der Waals surface area contributed by atoms with Crippen molar-refractivity contribution in [3.8, 4) is 11.1 Å². The lowest BCUT2D eigenvalue weighted by Gasteiger charge is -2.02. The minimum absolute atomic E-state index is 0.921. The Bertz CT molecular complexity index is 1330. The van der Waals surface area contributed by atoms with Crippen LogP contribution < -0.4 is 0 Å². The van der Waals surface area contributed by atoms with Crippen molar-refractivity contribution in [2.75, 3.05) is 0 Å². The second-order valence-corrected chi connectivity index (χ2v) is 6.62. The Morgan fingerprint density at radius 1 is 0.654 bits per heavy atom. The second kappa shape index (κ2) is 4.96. The molecule has 0 unspecified atom stereocenters. The molecule has 0 spiro atoms. The van der Waals surface area contributed by atoms with Gasteiger partial charge < -0.3 is 9.40 Å². The molecule has 0 saturated carbocycles. The summed E-state index contributed by atoms with van der Waals surface area (Å²) in [6, 6.07) is 23.1. The van der Waals surface area contributed by atoms with Gasteiger partial charge >= 0.3 is 0 Å². The van der Waals surface area contributed by atoms with E-state index in [1.54, 1.807) is 0 Å². The van der Waals surface area contributed by atoms with Crippen LogP contribution in [0.1, 0.15) is 0 Å². The summed E-state index contributed by atoms with van der Waals surface area (Å²) in [5.41, 5.74) is 6.40. The van der Waals surface area contributed by atoms with Crippen LogP contribution in [-0.4, -0.2) is 9.97 Å². The molecule has 0 fully saturated rings. The average Bonchev–Trinajstić information content (AvgIpc) is 3.24. The number of fused-ring (bicyclic) bond motifs is 6. The summed E-state index contributed by atoms with van der Waals surface area (Å²) in [4.78, 5) is 7.72. The van der Waals surface area contributed by atoms with Crippen LogP contribution in [0.2, 0.25) is 0 Å². The van der Waals surface area contributed by atoms with Crippen LogP contribution in [0.3, 0.4) is 0 Å². The van der Waals surface area contributed by atoms with E-state index in [9.17, 15) is 0 Å². The van der Waals surface area contributed by atoms with E-state index in [0.717, 1.165) is 43.9 Å². The van der Waals surface area contributed by atoms with E-state index in [-0.39, 0.29) is 0 Å². The largest absolute Gasteiger partial charge is 0.456 e. The van der Waals surface area contributed by atoms with Gasteiger partial charge in [0.25, 0.3) is 0 Å². The minimum atomic E-state index is 0.921. The van der Waals surface area contributed by atoms with Gasteiger partial charge in [0.05, 0.1) is 0 Å². The highest BCUT2D eigenvalue weighted by molar-refractivity contribution is 6.08. The number of nitrogens with one attached hydrogen (secondary N) is 1. The molecule has 3 aromatic heterocycles. The molecule has 122 valence electrons. The zero-order valence-electron chi connectivity index (χ0n) is 13.9. The first-order valence-corrected chi connectivity index (χ1v) is 8.64. The summed E-state index contributed by atoms with van der Waals surface area (Å²) in [7, 11) is 0. The van der Waals surface area contributed by atoms with E-state index in [0.29, 0.717) is 0 Å². The number of aromatic nitrogens is 2. The Hall–Kier alpha value is -3.59. The highest BCUT2D eigenvalue weighted by atomic mass is 16.3. The second-order valence-electron chi connectivity index (χ2n) is 6.62. The number of furan rings is 1. The van der Waals surface area contributed by atoms with Crippen molar-refractivity contribution in [3.05, 3.63) is 79.1 Å². The number of hydrogen-bond acceptors (Lipinski definition) is 2. The molecule has 0 amide bonds. The molecular formula is C23H14N2O. The van der Waals surface area contributed by atoms with Gasteiger partial charge in [0.1, 0.15) is 11.2 Å². The van der Waals surface area contributed by atoms with Crippen LogP contribution in [0.15, 0.2) is 83.5 Å². The predicted molar refractivity (Wildman–Crippen MR) is 106 cm³/mol. The van der Waals surface area contributed by atoms with Gasteiger partial charge in [-0.1, -0.05) is 36.4 Å². The van der Waals surface area contributed by atoms with Crippen molar-refractivity contribution in [2.24, 2.45) is 0 Å². The number of rotatable bonds is 1. The Balaban J connectivity index is 1.57. The van der Waals surface area contributed by atoms with Gasteiger partial charge in [0, 0.05) is 45.0 Å². The Labute approximate surface area is 148 Å². The Kier molecular flexibility index (Phi) is 2.61. The van der Waals surface area contributed by atoms with E-state index in [2.05, 4.69) is 52.4 Å². The third-order valence-corrected chi connectivity index (χ3v) is 5.11. The fraction of sp³-hybridized carbons (Fsp3) is 0. The maximum Gasteiger partial charge on any atom is 0.136 e. The topological polar surface area (TPSA) is 41.8 Å². The zero-order chi connectivity index (χ0) is 17.1. The highest BCUT2D eigenvalue weighted by Crippen LogP contribution is 2.34. The van der Waals surface area contributed by atoms with Gasteiger partial charge in [-0.3, -0.25) is 4.98 Å². The van der Waals surface area contributed by atoms with Crippen LogP contribution in [0, 0.1) is 0 Å². The lowest BCUT2D eigenvalue weighted by atomic mass is 10.0. The molecule has 3 aromatic carbocycles. The van der Waals surface area contributed by atoms with Crippen molar-refractivity contribution in [1.82, 2.24) is 9.97 Å². The Morgan fingerprint density at radius 2 is 1.46 bits per heavy atom. The SMILES string of the molecule is c1ccc2c(c1)oc1cc(-c3ccc4c(c3)[nH]c3ccncc34)ccc12. The summed E-state index contributed by atoms with van der Waals surface area (Å²) >= 11 is 0. The van der Waals surface area contributed by atoms with Crippen molar-refractivity contribution in [3.63, 3.8) is 0 Å². The molecule has 3 nitrogen and oxygen atoms in total. The van der Waals surface area contributed by atoms with E-state index >= 15 is 0 Å². The van der Waals surface area contributed by atoms with Gasteiger partial charge in [0.2, 0.25) is 0 Å². The normalized spacial score (nSPS) is 11.8. The molecule has 0 atom stereocenters. The molecule has 26 heavy (non-hydrogen) atoms. The first kappa shape index (κ1) is 13.7. The van der Waals surface area contributed by atoms with Gasteiger partial charge in [-0.2, -0.15) is 0 Å². The molecule has 0 radical (unpaired) electrons. The first-order chi connectivity index (χ1) is 12.9. The number of para-hydroxylation sites is 1. The molecule has 3 heteroatoms. The standard InChI is InChI=1S/C23H14N2O/c1-2-4-22-17(3-1)18-8-6-15(12-23(18)26-22)14-5-7-16-19-13-24-10-9-20(19)25-21(16)11-14/h1-13,25H. The van der Waals surface area contributed by atoms with Crippen LogP contribution in [0.5, 0.6) is 0 Å². The lowest BCUT2D eigenvalue weighted by Crippen LogP contribution is -1.78. The maximum atomic E-state index is 6.03. The lowest BCUT2D eigenvalue weighted by molar-refractivity contribution is 0.669. The number of aromatic amines is 1. The molecule has 0 aliphatic heterocycles. The molecule has 1 N–H and O–H groups in total. The molecule has 6 aromatic rings. The van der Waals surface area contributed by atoms with Crippen molar-refractivity contribution < 1.29 is 4.42 Å². The third kappa shape index (κ3) is 1.85. The Morgan fingerprint density at radius 3 is 2.42 bits per heavy atom. The summed E-state index contributed by atoms with van der Waals surface area (Å²) < 4.78 is 6.03. The first-order valence-electron chi connectivity index (χ1n) is 8.64. The number of hydrogen-bond donors (Lipinski definition) is 1. The molecule has 6 rings (SSSR count). The fourth-order valence-electron chi connectivity index (χ4n) is 3.83. The summed E-state index contributed by atoms with van der Waals surface area (Å²) in [5.74, 6) is 0. The van der Waals surface area contributed by atoms with Gasteiger partial charge in [-0.15, -0.1) is 0 Å². The molecule has 0 bridgehead atoms. The minimum Gasteiger partial charge on any atom is -0.456 e. The van der Waals surface area contributed by atoms with E-state index in [1.165, 1.54) is 10.9 Å². The smallest absolute Gasteiger partial charge is 0.136 e. The van der Waals surface area contributed by atoms with Crippen LogP contribution in [0.25, 0.3) is 54.9 Å². The summed E-state index contributed by atoms with van der Waals surface area (Å²) in [6.07, 6.45) is 3.72. The van der Waals surface area contributed by atoms with Crippen LogP contribution >= 0.6 is 0 Å². The van der Waals surface area contributed by atoms with E-state index in [4.69, 9.17) is 4.42 Å². The average molecular weight is 334 g/mol. The predicted octanol–water partition coefficient (Wildman–Crippen LogP) is 6.28. The number of benzene rings is 3. The molecule has 0 aliphatic carbocycles. The highest BCUT2D eigenvalue weighted by Gasteiger charge is 2.09. The molecule has 3 heterocycles. The summed E-state index contributed by atoms with van der Waals surface area (Å²) in [6.45, 7) is 0. The van der Waals surface area contributed by atoms with Gasteiger partial charge in [0.15, 0.2) is 0 Å². The number of H-pyrrole nitrogens is 1. The van der Waals surface area contributed by atoms with E-state index < -0.39 is 0 Å². The third-order valence-electron chi connectivity index (χ3n) is 5.11. The summed E-state index contributed by atoms with van der Waals surface area (Å²) in [5, 5.41) is 4.66. The number of pyridine rings is 1.